The summed E-state index contributed by atoms with van der Waals surface area (Å²) in [6.45, 7) is 2.66. The maximum absolute atomic E-state index is 12.6. The molecule has 0 fully saturated rings. The molecule has 1 aliphatic heterocycles. The van der Waals surface area contributed by atoms with Crippen LogP contribution in [-0.4, -0.2) is 59.2 Å². The number of fused-ring (bicyclic) bond motifs is 1. The molecule has 1 aromatic carbocycles. The van der Waals surface area contributed by atoms with Crippen molar-refractivity contribution in [3.63, 3.8) is 0 Å². The van der Waals surface area contributed by atoms with Crippen LogP contribution in [0.15, 0.2) is 43.1 Å². The lowest BCUT2D eigenvalue weighted by molar-refractivity contribution is -0.124. The van der Waals surface area contributed by atoms with Crippen molar-refractivity contribution in [2.24, 2.45) is 7.05 Å². The standard InChI is InChI=1S/C26H23F3N6O3/c1-4-19(36)35-8-7-15(12-35)22-20(21-23(34(22)2)16(10-30)11-32-24(21)31)14-5-6-17(18(9-14)38-3)25(37)33-13-26(27,28)29/h4-7,9,11H,1,8,12-13H2,2-3H3,(H2,31,32)(H,33,37). The van der Waals surface area contributed by atoms with E-state index in [1.54, 1.807) is 22.6 Å². The molecule has 0 saturated heterocycles. The minimum Gasteiger partial charge on any atom is -0.496 e. The van der Waals surface area contributed by atoms with Crippen LogP contribution in [0.1, 0.15) is 21.6 Å². The largest absolute Gasteiger partial charge is 0.496 e. The number of alkyl halides is 3. The normalized spacial score (nSPS) is 13.3. The first-order chi connectivity index (χ1) is 18.0. The number of nitriles is 1. The Morgan fingerprint density at radius 1 is 1.37 bits per heavy atom. The molecule has 4 rings (SSSR count). The number of aromatic nitrogens is 2. The van der Waals surface area contributed by atoms with Crippen LogP contribution in [-0.2, 0) is 11.8 Å². The second-order valence-electron chi connectivity index (χ2n) is 8.54. The number of nitrogens with one attached hydrogen (secondary N) is 1. The molecule has 3 heterocycles. The third kappa shape index (κ3) is 4.66. The summed E-state index contributed by atoms with van der Waals surface area (Å²) in [5.41, 5.74) is 9.53. The Bertz CT molecular complexity index is 1550. The van der Waals surface area contributed by atoms with E-state index in [0.29, 0.717) is 34.3 Å². The SMILES string of the molecule is C=CC(=O)N1CC=C(c2c(-c3ccc(C(=O)NCC(F)(F)F)c(OC)c3)c3c(N)ncc(C#N)c3n2C)C1. The van der Waals surface area contributed by atoms with Crippen molar-refractivity contribution in [1.29, 1.82) is 5.26 Å². The topological polar surface area (TPSA) is 126 Å². The second kappa shape index (κ2) is 9.93. The smallest absolute Gasteiger partial charge is 0.405 e. The Morgan fingerprint density at radius 3 is 2.74 bits per heavy atom. The number of hydrogen-bond donors (Lipinski definition) is 2. The van der Waals surface area contributed by atoms with Crippen LogP contribution in [0, 0.1) is 11.3 Å². The van der Waals surface area contributed by atoms with Gasteiger partial charge in [-0.15, -0.1) is 0 Å². The average Bonchev–Trinajstić information content (AvgIpc) is 3.49. The molecule has 0 unspecified atom stereocenters. The van der Waals surface area contributed by atoms with Crippen LogP contribution in [0.2, 0.25) is 0 Å². The van der Waals surface area contributed by atoms with E-state index in [4.69, 9.17) is 10.5 Å². The predicted octanol–water partition coefficient (Wildman–Crippen LogP) is 3.41. The Labute approximate surface area is 215 Å². The Kier molecular flexibility index (Phi) is 6.87. The van der Waals surface area contributed by atoms with Crippen molar-refractivity contribution < 1.29 is 27.5 Å². The van der Waals surface area contributed by atoms with Gasteiger partial charge >= 0.3 is 6.18 Å². The summed E-state index contributed by atoms with van der Waals surface area (Å²) in [6.07, 6.45) is -0.0940. The van der Waals surface area contributed by atoms with Crippen LogP contribution < -0.4 is 15.8 Å². The first-order valence-electron chi connectivity index (χ1n) is 11.3. The first kappa shape index (κ1) is 26.3. The van der Waals surface area contributed by atoms with Gasteiger partial charge in [-0.1, -0.05) is 18.7 Å². The van der Waals surface area contributed by atoms with E-state index < -0.39 is 18.6 Å². The number of nitrogens with zero attached hydrogens (tertiary/aromatic N) is 4. The number of ether oxygens (including phenoxy) is 1. The average molecular weight is 525 g/mol. The number of hydrogen-bond acceptors (Lipinski definition) is 6. The molecule has 3 N–H and O–H groups in total. The summed E-state index contributed by atoms with van der Waals surface area (Å²) >= 11 is 0. The molecule has 3 aromatic rings. The quantitative estimate of drug-likeness (QED) is 0.476. The highest BCUT2D eigenvalue weighted by molar-refractivity contribution is 6.10. The highest BCUT2D eigenvalue weighted by Crippen LogP contribution is 2.43. The molecule has 0 radical (unpaired) electrons. The molecular weight excluding hydrogens is 501 g/mol. The number of rotatable bonds is 6. The molecule has 1 aliphatic rings. The molecule has 0 spiro atoms. The minimum absolute atomic E-state index is 0.0389. The van der Waals surface area contributed by atoms with Crippen LogP contribution in [0.3, 0.4) is 0 Å². The zero-order chi connectivity index (χ0) is 27.8. The zero-order valence-electron chi connectivity index (χ0n) is 20.5. The fourth-order valence-corrected chi connectivity index (χ4v) is 4.58. The maximum atomic E-state index is 12.6. The lowest BCUT2D eigenvalue weighted by Crippen LogP contribution is -2.33. The van der Waals surface area contributed by atoms with E-state index >= 15 is 0 Å². The van der Waals surface area contributed by atoms with Crippen LogP contribution in [0.25, 0.3) is 27.6 Å². The molecule has 9 nitrogen and oxygen atoms in total. The number of amides is 2. The Morgan fingerprint density at radius 2 is 2.11 bits per heavy atom. The number of halogens is 3. The molecule has 2 amide bonds. The number of nitrogen functional groups attached to an aromatic ring is 1. The van der Waals surface area contributed by atoms with Gasteiger partial charge in [0, 0.05) is 31.9 Å². The van der Waals surface area contributed by atoms with Gasteiger partial charge in [-0.25, -0.2) is 4.98 Å². The van der Waals surface area contributed by atoms with E-state index in [0.717, 1.165) is 5.57 Å². The number of methoxy groups -OCH3 is 1. The second-order valence-corrected chi connectivity index (χ2v) is 8.54. The summed E-state index contributed by atoms with van der Waals surface area (Å²) in [5, 5.41) is 12.1. The summed E-state index contributed by atoms with van der Waals surface area (Å²) in [5.74, 6) is -1.00. The van der Waals surface area contributed by atoms with E-state index in [-0.39, 0.29) is 35.1 Å². The van der Waals surface area contributed by atoms with Crippen LogP contribution in [0.4, 0.5) is 19.0 Å². The summed E-state index contributed by atoms with van der Waals surface area (Å²) in [6, 6.07) is 6.56. The number of anilines is 1. The van der Waals surface area contributed by atoms with Gasteiger partial charge in [0.15, 0.2) is 0 Å². The van der Waals surface area contributed by atoms with Crippen molar-refractivity contribution >= 4 is 34.1 Å². The number of benzene rings is 1. The van der Waals surface area contributed by atoms with Gasteiger partial charge in [-0.2, -0.15) is 18.4 Å². The number of pyridine rings is 1. The van der Waals surface area contributed by atoms with Crippen LogP contribution in [0.5, 0.6) is 5.75 Å². The van der Waals surface area contributed by atoms with E-state index in [1.165, 1.54) is 31.5 Å². The molecule has 2 aromatic heterocycles. The van der Waals surface area contributed by atoms with Gasteiger partial charge in [0.05, 0.1) is 34.8 Å². The molecule has 12 heteroatoms. The van der Waals surface area contributed by atoms with Gasteiger partial charge in [0.2, 0.25) is 5.91 Å². The summed E-state index contributed by atoms with van der Waals surface area (Å²) in [7, 11) is 3.06. The number of aryl methyl sites for hydroxylation is 1. The molecule has 0 bridgehead atoms. The fourth-order valence-electron chi connectivity index (χ4n) is 4.58. The minimum atomic E-state index is -4.57. The van der Waals surface area contributed by atoms with Gasteiger partial charge in [0.1, 0.15) is 24.2 Å². The van der Waals surface area contributed by atoms with Gasteiger partial charge in [-0.3, -0.25) is 9.59 Å². The van der Waals surface area contributed by atoms with Crippen molar-refractivity contribution in [3.8, 4) is 22.9 Å². The third-order valence-electron chi connectivity index (χ3n) is 6.25. The predicted molar refractivity (Wildman–Crippen MR) is 135 cm³/mol. The lowest BCUT2D eigenvalue weighted by Gasteiger charge is -2.16. The Balaban J connectivity index is 1.91. The number of carbonyl (C=O) groups excluding carboxylic acids is 2. The van der Waals surface area contributed by atoms with Gasteiger partial charge in [0.25, 0.3) is 5.91 Å². The number of carbonyl (C=O) groups is 2. The maximum Gasteiger partial charge on any atom is 0.405 e. The Hall–Kier alpha value is -4.79. The van der Waals surface area contributed by atoms with Gasteiger partial charge < -0.3 is 25.3 Å². The molecule has 38 heavy (non-hydrogen) atoms. The molecule has 196 valence electrons. The monoisotopic (exact) mass is 524 g/mol. The van der Waals surface area contributed by atoms with Crippen molar-refractivity contribution in [1.82, 2.24) is 19.8 Å². The molecule has 0 aliphatic carbocycles. The molecular formula is C26H23F3N6O3. The van der Waals surface area contributed by atoms with Crippen molar-refractivity contribution in [2.75, 3.05) is 32.5 Å². The fraction of sp³-hybridized carbons (Fsp3) is 0.231. The van der Waals surface area contributed by atoms with Crippen molar-refractivity contribution in [2.45, 2.75) is 6.18 Å². The first-order valence-corrected chi connectivity index (χ1v) is 11.3. The molecule has 0 atom stereocenters. The van der Waals surface area contributed by atoms with E-state index in [2.05, 4.69) is 17.6 Å². The highest BCUT2D eigenvalue weighted by atomic mass is 19.4. The van der Waals surface area contributed by atoms with E-state index in [1.807, 2.05) is 11.4 Å². The van der Waals surface area contributed by atoms with Crippen LogP contribution >= 0.6 is 0 Å². The number of nitrogens with two attached hydrogens (primary N) is 1. The van der Waals surface area contributed by atoms with Gasteiger partial charge in [-0.05, 0) is 29.3 Å². The highest BCUT2D eigenvalue weighted by Gasteiger charge is 2.30. The third-order valence-corrected chi connectivity index (χ3v) is 6.25. The zero-order valence-corrected chi connectivity index (χ0v) is 20.5. The lowest BCUT2D eigenvalue weighted by atomic mass is 9.96. The van der Waals surface area contributed by atoms with E-state index in [9.17, 15) is 28.0 Å². The van der Waals surface area contributed by atoms with Crippen molar-refractivity contribution in [3.05, 3.63) is 59.9 Å². The summed E-state index contributed by atoms with van der Waals surface area (Å²) in [4.78, 5) is 30.5. The summed E-state index contributed by atoms with van der Waals surface area (Å²) < 4.78 is 45.0. The molecule has 0 saturated carbocycles.